The first-order valence-electron chi connectivity index (χ1n) is 7.51. The Morgan fingerprint density at radius 1 is 1.00 bits per heavy atom. The van der Waals surface area contributed by atoms with E-state index in [0.29, 0.717) is 12.5 Å². The second kappa shape index (κ2) is 7.28. The molecule has 2 aromatic rings. The highest BCUT2D eigenvalue weighted by molar-refractivity contribution is 5.31. The van der Waals surface area contributed by atoms with E-state index in [1.54, 1.807) is 7.11 Å². The minimum atomic E-state index is 0.471. The molecule has 2 N–H and O–H groups in total. The van der Waals surface area contributed by atoms with E-state index in [2.05, 4.69) is 44.2 Å². The van der Waals surface area contributed by atoms with Gasteiger partial charge in [0.1, 0.15) is 5.75 Å². The van der Waals surface area contributed by atoms with Gasteiger partial charge in [-0.2, -0.15) is 0 Å². The summed E-state index contributed by atoms with van der Waals surface area (Å²) in [6.45, 7) is 5.03. The molecule has 2 rings (SSSR count). The summed E-state index contributed by atoms with van der Waals surface area (Å²) in [4.78, 5) is 0. The lowest BCUT2D eigenvalue weighted by Crippen LogP contribution is -2.19. The maximum absolute atomic E-state index is 5.99. The molecule has 2 aromatic carbocycles. The smallest absolute Gasteiger partial charge is 0.118 e. The van der Waals surface area contributed by atoms with Crippen molar-refractivity contribution in [1.29, 1.82) is 0 Å². The van der Waals surface area contributed by atoms with E-state index < -0.39 is 0 Å². The normalized spacial score (nSPS) is 12.2. The third-order valence-electron chi connectivity index (χ3n) is 4.03. The van der Waals surface area contributed by atoms with Crippen LogP contribution in [0.3, 0.4) is 0 Å². The number of nitrogens with two attached hydrogens (primary N) is 1. The van der Waals surface area contributed by atoms with Gasteiger partial charge >= 0.3 is 0 Å². The van der Waals surface area contributed by atoms with E-state index in [9.17, 15) is 0 Å². The number of benzene rings is 2. The third kappa shape index (κ3) is 4.33. The molecule has 0 spiro atoms. The average molecular weight is 283 g/mol. The van der Waals surface area contributed by atoms with Gasteiger partial charge in [-0.3, -0.25) is 0 Å². The van der Waals surface area contributed by atoms with Crippen molar-refractivity contribution in [2.45, 2.75) is 26.7 Å². The van der Waals surface area contributed by atoms with Crippen molar-refractivity contribution in [1.82, 2.24) is 0 Å². The van der Waals surface area contributed by atoms with E-state index in [0.717, 1.165) is 18.6 Å². The molecular formula is C19H25NO. The summed E-state index contributed by atoms with van der Waals surface area (Å²) in [6, 6.07) is 14.9. The molecule has 2 nitrogen and oxygen atoms in total. The third-order valence-corrected chi connectivity index (χ3v) is 4.03. The van der Waals surface area contributed by atoms with Crippen LogP contribution in [0.1, 0.15) is 22.3 Å². The minimum absolute atomic E-state index is 0.471. The van der Waals surface area contributed by atoms with Crippen LogP contribution >= 0.6 is 0 Å². The second-order valence-electron chi connectivity index (χ2n) is 5.79. The summed E-state index contributed by atoms with van der Waals surface area (Å²) in [7, 11) is 1.69. The Balaban J connectivity index is 2.07. The quantitative estimate of drug-likeness (QED) is 0.878. The van der Waals surface area contributed by atoms with Crippen molar-refractivity contribution >= 4 is 0 Å². The van der Waals surface area contributed by atoms with Crippen LogP contribution in [-0.2, 0) is 12.8 Å². The van der Waals surface area contributed by atoms with Gasteiger partial charge in [0.25, 0.3) is 0 Å². The molecule has 1 unspecified atom stereocenters. The monoisotopic (exact) mass is 283 g/mol. The molecule has 0 heterocycles. The van der Waals surface area contributed by atoms with Crippen molar-refractivity contribution in [3.8, 4) is 5.75 Å². The molecule has 0 aliphatic heterocycles. The molecule has 0 fully saturated rings. The van der Waals surface area contributed by atoms with Crippen molar-refractivity contribution in [3.63, 3.8) is 0 Å². The molecule has 0 radical (unpaired) electrons. The molecule has 21 heavy (non-hydrogen) atoms. The fourth-order valence-electron chi connectivity index (χ4n) is 2.66. The lowest BCUT2D eigenvalue weighted by atomic mass is 9.90. The number of ether oxygens (including phenoxy) is 1. The molecule has 0 aromatic heterocycles. The van der Waals surface area contributed by atoms with Crippen molar-refractivity contribution < 1.29 is 4.74 Å². The van der Waals surface area contributed by atoms with Crippen LogP contribution in [0.15, 0.2) is 42.5 Å². The van der Waals surface area contributed by atoms with Crippen LogP contribution in [0.25, 0.3) is 0 Å². The standard InChI is InChI=1S/C19H25NO/c1-14-4-5-15(2)18(10-14)12-17(13-20)11-16-6-8-19(21-3)9-7-16/h4-10,17H,11-13,20H2,1-3H3. The molecule has 0 saturated heterocycles. The highest BCUT2D eigenvalue weighted by Gasteiger charge is 2.11. The Hall–Kier alpha value is -1.80. The zero-order valence-electron chi connectivity index (χ0n) is 13.2. The van der Waals surface area contributed by atoms with Gasteiger partial charge < -0.3 is 10.5 Å². The molecule has 0 aliphatic rings. The van der Waals surface area contributed by atoms with E-state index in [1.165, 1.54) is 22.3 Å². The summed E-state index contributed by atoms with van der Waals surface area (Å²) in [5.41, 5.74) is 11.4. The Morgan fingerprint density at radius 2 is 1.71 bits per heavy atom. The Labute approximate surface area is 127 Å². The number of aryl methyl sites for hydroxylation is 2. The van der Waals surface area contributed by atoms with Gasteiger partial charge in [-0.15, -0.1) is 0 Å². The van der Waals surface area contributed by atoms with Gasteiger partial charge in [-0.1, -0.05) is 35.9 Å². The second-order valence-corrected chi connectivity index (χ2v) is 5.79. The van der Waals surface area contributed by atoms with Crippen LogP contribution in [0, 0.1) is 19.8 Å². The lowest BCUT2D eigenvalue weighted by Gasteiger charge is -2.17. The number of hydrogen-bond donors (Lipinski definition) is 1. The number of hydrogen-bond acceptors (Lipinski definition) is 2. The summed E-state index contributed by atoms with van der Waals surface area (Å²) in [5, 5.41) is 0. The molecule has 1 atom stereocenters. The maximum Gasteiger partial charge on any atom is 0.118 e. The fraction of sp³-hybridized carbons (Fsp3) is 0.368. The van der Waals surface area contributed by atoms with Crippen molar-refractivity contribution in [3.05, 3.63) is 64.7 Å². The van der Waals surface area contributed by atoms with Gasteiger partial charge in [-0.25, -0.2) is 0 Å². The summed E-state index contributed by atoms with van der Waals surface area (Å²) in [6.07, 6.45) is 2.05. The van der Waals surface area contributed by atoms with Gasteiger partial charge in [-0.05, 0) is 68.0 Å². The van der Waals surface area contributed by atoms with Crippen molar-refractivity contribution in [2.24, 2.45) is 11.7 Å². The Morgan fingerprint density at radius 3 is 2.33 bits per heavy atom. The first-order chi connectivity index (χ1) is 10.1. The van der Waals surface area contributed by atoms with Gasteiger partial charge in [0, 0.05) is 0 Å². The zero-order valence-corrected chi connectivity index (χ0v) is 13.2. The van der Waals surface area contributed by atoms with E-state index in [4.69, 9.17) is 10.5 Å². The van der Waals surface area contributed by atoms with E-state index in [-0.39, 0.29) is 0 Å². The first kappa shape index (κ1) is 15.6. The topological polar surface area (TPSA) is 35.2 Å². The van der Waals surface area contributed by atoms with Crippen LogP contribution in [0.2, 0.25) is 0 Å². The molecule has 2 heteroatoms. The van der Waals surface area contributed by atoms with Crippen LogP contribution < -0.4 is 10.5 Å². The highest BCUT2D eigenvalue weighted by Crippen LogP contribution is 2.19. The zero-order chi connectivity index (χ0) is 15.2. The predicted molar refractivity (Wildman–Crippen MR) is 88.9 cm³/mol. The van der Waals surface area contributed by atoms with Crippen molar-refractivity contribution in [2.75, 3.05) is 13.7 Å². The lowest BCUT2D eigenvalue weighted by molar-refractivity contribution is 0.414. The van der Waals surface area contributed by atoms with E-state index in [1.807, 2.05) is 12.1 Å². The molecule has 0 amide bonds. The molecule has 112 valence electrons. The fourth-order valence-corrected chi connectivity index (χ4v) is 2.66. The molecular weight excluding hydrogens is 258 g/mol. The largest absolute Gasteiger partial charge is 0.497 e. The van der Waals surface area contributed by atoms with Gasteiger partial charge in [0.05, 0.1) is 7.11 Å². The molecule has 0 saturated carbocycles. The van der Waals surface area contributed by atoms with Crippen LogP contribution in [0.5, 0.6) is 5.75 Å². The number of rotatable bonds is 6. The van der Waals surface area contributed by atoms with E-state index >= 15 is 0 Å². The van der Waals surface area contributed by atoms with Gasteiger partial charge in [0.15, 0.2) is 0 Å². The molecule has 0 bridgehead atoms. The molecule has 0 aliphatic carbocycles. The SMILES string of the molecule is COc1ccc(CC(CN)Cc2cc(C)ccc2C)cc1. The number of methoxy groups -OCH3 is 1. The summed E-state index contributed by atoms with van der Waals surface area (Å²) >= 11 is 0. The first-order valence-corrected chi connectivity index (χ1v) is 7.51. The Bertz CT molecular complexity index is 575. The average Bonchev–Trinajstić information content (AvgIpc) is 2.51. The minimum Gasteiger partial charge on any atom is -0.497 e. The van der Waals surface area contributed by atoms with Crippen LogP contribution in [-0.4, -0.2) is 13.7 Å². The predicted octanol–water partition coefficient (Wildman–Crippen LogP) is 3.67. The van der Waals surface area contributed by atoms with Crippen LogP contribution in [0.4, 0.5) is 0 Å². The Kier molecular flexibility index (Phi) is 5.40. The summed E-state index contributed by atoms with van der Waals surface area (Å²) < 4.78 is 5.20. The summed E-state index contributed by atoms with van der Waals surface area (Å²) in [5.74, 6) is 1.37. The highest BCUT2D eigenvalue weighted by atomic mass is 16.5. The van der Waals surface area contributed by atoms with Gasteiger partial charge in [0.2, 0.25) is 0 Å². The maximum atomic E-state index is 5.99.